The SMILES string of the molecule is COc1c([C@@H](O)CC(C)C)ccc2c1C(=O)OCc1c(Cl)c(C)c(Cl)c(OC(=O)C(C)(C)C)c1O2. The molecule has 0 saturated heterocycles. The Labute approximate surface area is 215 Å². The van der Waals surface area contributed by atoms with Gasteiger partial charge in [-0.1, -0.05) is 37.0 Å². The standard InChI is InChI=1S/C26H30Cl2O7/c1-12(2)10-16(29)14-8-9-17-18(21(14)32-7)24(30)33-11-15-19(27)13(3)20(28)23(22(15)34-17)35-25(31)26(4,5)6/h8-9,12,16,29H,10-11H2,1-7H3/t16-/m0/s1. The molecule has 0 radical (unpaired) electrons. The average Bonchev–Trinajstić information content (AvgIpc) is 2.76. The third-order valence-corrected chi connectivity index (χ3v) is 6.55. The summed E-state index contributed by atoms with van der Waals surface area (Å²) >= 11 is 13.1. The largest absolute Gasteiger partial charge is 0.495 e. The molecular weight excluding hydrogens is 495 g/mol. The van der Waals surface area contributed by atoms with E-state index in [0.29, 0.717) is 23.1 Å². The lowest BCUT2D eigenvalue weighted by atomic mass is 9.96. The molecule has 7 nitrogen and oxygen atoms in total. The molecule has 0 saturated carbocycles. The van der Waals surface area contributed by atoms with E-state index in [1.807, 2.05) is 13.8 Å². The van der Waals surface area contributed by atoms with Crippen LogP contribution in [0.25, 0.3) is 0 Å². The molecule has 35 heavy (non-hydrogen) atoms. The van der Waals surface area contributed by atoms with Gasteiger partial charge in [-0.25, -0.2) is 4.79 Å². The van der Waals surface area contributed by atoms with Crippen molar-refractivity contribution in [2.24, 2.45) is 11.3 Å². The molecule has 1 N–H and O–H groups in total. The lowest BCUT2D eigenvalue weighted by Gasteiger charge is -2.26. The van der Waals surface area contributed by atoms with Gasteiger partial charge in [0.2, 0.25) is 0 Å². The zero-order valence-corrected chi connectivity index (χ0v) is 22.4. The number of rotatable bonds is 5. The van der Waals surface area contributed by atoms with Gasteiger partial charge in [0.15, 0.2) is 11.5 Å². The molecule has 190 valence electrons. The van der Waals surface area contributed by atoms with E-state index < -0.39 is 23.5 Å². The van der Waals surface area contributed by atoms with Crippen LogP contribution in [-0.2, 0) is 16.1 Å². The normalized spacial score (nSPS) is 14.2. The highest BCUT2D eigenvalue weighted by atomic mass is 35.5. The van der Waals surface area contributed by atoms with Crippen molar-refractivity contribution in [2.75, 3.05) is 7.11 Å². The van der Waals surface area contributed by atoms with Gasteiger partial charge in [0.05, 0.1) is 34.2 Å². The first-order valence-electron chi connectivity index (χ1n) is 11.2. The molecule has 2 aromatic carbocycles. The molecule has 0 fully saturated rings. The Morgan fingerprint density at radius 1 is 1.17 bits per heavy atom. The van der Waals surface area contributed by atoms with Gasteiger partial charge >= 0.3 is 11.9 Å². The predicted molar refractivity (Wildman–Crippen MR) is 133 cm³/mol. The summed E-state index contributed by atoms with van der Waals surface area (Å²) in [7, 11) is 1.40. The van der Waals surface area contributed by atoms with Crippen molar-refractivity contribution in [2.45, 2.75) is 60.7 Å². The highest BCUT2D eigenvalue weighted by Gasteiger charge is 2.34. The van der Waals surface area contributed by atoms with E-state index >= 15 is 0 Å². The van der Waals surface area contributed by atoms with Crippen LogP contribution in [-0.4, -0.2) is 24.2 Å². The minimum absolute atomic E-state index is 0.000580. The molecule has 0 amide bonds. The number of ether oxygens (including phenoxy) is 4. The summed E-state index contributed by atoms with van der Waals surface area (Å²) in [5.41, 5.74) is 0.376. The van der Waals surface area contributed by atoms with Crippen molar-refractivity contribution < 1.29 is 33.6 Å². The van der Waals surface area contributed by atoms with E-state index in [4.69, 9.17) is 42.1 Å². The number of halogens is 2. The highest BCUT2D eigenvalue weighted by Crippen LogP contribution is 2.50. The van der Waals surface area contributed by atoms with Crippen LogP contribution in [0.15, 0.2) is 12.1 Å². The number of methoxy groups -OCH3 is 1. The molecular formula is C26H30Cl2O7. The molecule has 0 bridgehead atoms. The first-order valence-corrected chi connectivity index (χ1v) is 12.0. The number of aliphatic hydroxyl groups is 1. The van der Waals surface area contributed by atoms with Gasteiger partial charge < -0.3 is 24.1 Å². The van der Waals surface area contributed by atoms with Gasteiger partial charge in [-0.3, -0.25) is 4.79 Å². The van der Waals surface area contributed by atoms with Gasteiger partial charge in [0.1, 0.15) is 23.7 Å². The van der Waals surface area contributed by atoms with Crippen molar-refractivity contribution in [3.8, 4) is 23.0 Å². The van der Waals surface area contributed by atoms with Crippen molar-refractivity contribution in [3.05, 3.63) is 44.4 Å². The minimum atomic E-state index is -0.865. The van der Waals surface area contributed by atoms with Crippen LogP contribution in [0.1, 0.15) is 74.2 Å². The monoisotopic (exact) mass is 524 g/mol. The lowest BCUT2D eigenvalue weighted by Crippen LogP contribution is -2.26. The molecule has 3 rings (SSSR count). The second-order valence-corrected chi connectivity index (χ2v) is 10.7. The van der Waals surface area contributed by atoms with E-state index in [1.165, 1.54) is 13.2 Å². The molecule has 0 spiro atoms. The summed E-state index contributed by atoms with van der Waals surface area (Å²) in [5, 5.41) is 11.1. The van der Waals surface area contributed by atoms with Gasteiger partial charge in [0.25, 0.3) is 0 Å². The number of fused-ring (bicyclic) bond motifs is 2. The van der Waals surface area contributed by atoms with Crippen molar-refractivity contribution in [1.29, 1.82) is 0 Å². The topological polar surface area (TPSA) is 91.3 Å². The average molecular weight is 525 g/mol. The van der Waals surface area contributed by atoms with Crippen molar-refractivity contribution in [3.63, 3.8) is 0 Å². The van der Waals surface area contributed by atoms with Crippen LogP contribution in [0.3, 0.4) is 0 Å². The summed E-state index contributed by atoms with van der Waals surface area (Å²) in [6.07, 6.45) is -0.402. The van der Waals surface area contributed by atoms with Crippen molar-refractivity contribution >= 4 is 35.1 Å². The Morgan fingerprint density at radius 2 is 1.83 bits per heavy atom. The fourth-order valence-corrected chi connectivity index (χ4v) is 4.14. The van der Waals surface area contributed by atoms with E-state index in [-0.39, 0.29) is 51.1 Å². The first-order chi connectivity index (χ1) is 16.3. The Balaban J connectivity index is 2.23. The molecule has 0 aromatic heterocycles. The number of aliphatic hydroxyl groups excluding tert-OH is 1. The van der Waals surface area contributed by atoms with Crippen LogP contribution in [0, 0.1) is 18.3 Å². The quantitative estimate of drug-likeness (QED) is 0.339. The second-order valence-electron chi connectivity index (χ2n) is 9.91. The van der Waals surface area contributed by atoms with E-state index in [2.05, 4.69) is 0 Å². The Morgan fingerprint density at radius 3 is 2.40 bits per heavy atom. The summed E-state index contributed by atoms with van der Waals surface area (Å²) in [6.45, 7) is 10.5. The van der Waals surface area contributed by atoms with Crippen LogP contribution in [0.2, 0.25) is 10.0 Å². The molecule has 2 aromatic rings. The molecule has 9 heteroatoms. The van der Waals surface area contributed by atoms with Crippen LogP contribution in [0.5, 0.6) is 23.0 Å². The zero-order chi connectivity index (χ0) is 26.2. The van der Waals surface area contributed by atoms with Crippen LogP contribution < -0.4 is 14.2 Å². The molecule has 1 heterocycles. The minimum Gasteiger partial charge on any atom is -0.495 e. The Hall–Kier alpha value is -2.48. The van der Waals surface area contributed by atoms with E-state index in [0.717, 1.165) is 0 Å². The second kappa shape index (κ2) is 10.2. The molecule has 0 unspecified atom stereocenters. The Kier molecular flexibility index (Phi) is 7.94. The summed E-state index contributed by atoms with van der Waals surface area (Å²) < 4.78 is 22.9. The van der Waals surface area contributed by atoms with Crippen LogP contribution in [0.4, 0.5) is 0 Å². The number of carbonyl (C=O) groups excluding carboxylic acids is 2. The molecule has 1 aliphatic rings. The fraction of sp³-hybridized carbons (Fsp3) is 0.462. The van der Waals surface area contributed by atoms with Gasteiger partial charge in [-0.15, -0.1) is 0 Å². The molecule has 1 aliphatic heterocycles. The third-order valence-electron chi connectivity index (χ3n) is 5.58. The number of hydrogen-bond acceptors (Lipinski definition) is 7. The number of hydrogen-bond donors (Lipinski definition) is 1. The predicted octanol–water partition coefficient (Wildman–Crippen LogP) is 6.80. The zero-order valence-electron chi connectivity index (χ0n) is 20.9. The summed E-state index contributed by atoms with van der Waals surface area (Å²) in [5.74, 6) is -0.767. The van der Waals surface area contributed by atoms with Gasteiger partial charge in [0, 0.05) is 5.56 Å². The summed E-state index contributed by atoms with van der Waals surface area (Å²) in [6, 6.07) is 3.15. The smallest absolute Gasteiger partial charge is 0.346 e. The highest BCUT2D eigenvalue weighted by molar-refractivity contribution is 6.38. The number of carbonyl (C=O) groups is 2. The van der Waals surface area contributed by atoms with E-state index in [1.54, 1.807) is 33.8 Å². The fourth-order valence-electron chi connectivity index (χ4n) is 3.64. The maximum absolute atomic E-state index is 13.1. The lowest BCUT2D eigenvalue weighted by molar-refractivity contribution is -0.143. The van der Waals surface area contributed by atoms with Gasteiger partial charge in [-0.05, 0) is 57.7 Å². The Bertz CT molecular complexity index is 1170. The van der Waals surface area contributed by atoms with Crippen LogP contribution >= 0.6 is 23.2 Å². The maximum atomic E-state index is 13.1. The maximum Gasteiger partial charge on any atom is 0.346 e. The third kappa shape index (κ3) is 5.37. The molecule has 0 aliphatic carbocycles. The van der Waals surface area contributed by atoms with E-state index in [9.17, 15) is 14.7 Å². The number of benzene rings is 2. The van der Waals surface area contributed by atoms with Crippen molar-refractivity contribution in [1.82, 2.24) is 0 Å². The number of cyclic esters (lactones) is 1. The van der Waals surface area contributed by atoms with Gasteiger partial charge in [-0.2, -0.15) is 0 Å². The number of esters is 2. The first kappa shape index (κ1) is 27.1. The summed E-state index contributed by atoms with van der Waals surface area (Å²) in [4.78, 5) is 25.8. The molecule has 1 atom stereocenters.